The topological polar surface area (TPSA) is 42.1 Å². The predicted octanol–water partition coefficient (Wildman–Crippen LogP) is 3.39. The molecule has 0 unspecified atom stereocenters. The van der Waals surface area contributed by atoms with Crippen molar-refractivity contribution in [1.82, 2.24) is 4.98 Å². The van der Waals surface area contributed by atoms with Crippen molar-refractivity contribution in [2.45, 2.75) is 18.9 Å². The van der Waals surface area contributed by atoms with Crippen LogP contribution in [0, 0.1) is 0 Å². The third-order valence-electron chi connectivity index (χ3n) is 3.44. The Bertz CT molecular complexity index is 544. The number of aromatic nitrogens is 1. The summed E-state index contributed by atoms with van der Waals surface area (Å²) in [7, 11) is 0. The molecule has 1 aromatic heterocycles. The normalized spacial score (nSPS) is 16.8. The molecule has 0 spiro atoms. The summed E-state index contributed by atoms with van der Waals surface area (Å²) in [4.78, 5) is 7.05. The van der Waals surface area contributed by atoms with Gasteiger partial charge >= 0.3 is 0 Å². The summed E-state index contributed by atoms with van der Waals surface area (Å²) in [6.07, 6.45) is 2.10. The van der Waals surface area contributed by atoms with E-state index in [1.807, 2.05) is 24.3 Å². The van der Waals surface area contributed by atoms with E-state index in [1.165, 1.54) is 0 Å². The van der Waals surface area contributed by atoms with E-state index in [2.05, 4.69) is 10.3 Å². The van der Waals surface area contributed by atoms with Gasteiger partial charge in [-0.2, -0.15) is 0 Å². The van der Waals surface area contributed by atoms with Crippen molar-refractivity contribution in [2.24, 2.45) is 5.73 Å². The second-order valence-corrected chi connectivity index (χ2v) is 6.12. The second kappa shape index (κ2) is 5.49. The summed E-state index contributed by atoms with van der Waals surface area (Å²) in [5.74, 6) is 0. The molecule has 1 aromatic carbocycles. The second-order valence-electron chi connectivity index (χ2n) is 4.85. The largest absolute Gasteiger partial charge is 0.348 e. The fraction of sp³-hybridized carbons (Fsp3) is 0.357. The molecule has 3 nitrogen and oxygen atoms in total. The molecule has 1 saturated heterocycles. The van der Waals surface area contributed by atoms with Gasteiger partial charge < -0.3 is 10.6 Å². The highest BCUT2D eigenvalue weighted by atomic mass is 35.5. The lowest BCUT2D eigenvalue weighted by molar-refractivity contribution is 0.501. The van der Waals surface area contributed by atoms with Gasteiger partial charge in [0.2, 0.25) is 0 Å². The minimum Gasteiger partial charge on any atom is -0.348 e. The Balaban J connectivity index is 1.77. The molecule has 0 atom stereocenters. The van der Waals surface area contributed by atoms with E-state index in [4.69, 9.17) is 22.3 Å². The quantitative estimate of drug-likeness (QED) is 0.923. The number of rotatable bonds is 2. The smallest absolute Gasteiger partial charge is 0.185 e. The van der Waals surface area contributed by atoms with Gasteiger partial charge in [0.25, 0.3) is 0 Å². The summed E-state index contributed by atoms with van der Waals surface area (Å²) < 4.78 is 0. The zero-order valence-corrected chi connectivity index (χ0v) is 12.1. The Morgan fingerprint density at radius 1 is 1.21 bits per heavy atom. The SMILES string of the molecule is NC1CCN(c2nc(-c3ccc(Cl)cc3)cs2)CC1. The Morgan fingerprint density at radius 2 is 1.89 bits per heavy atom. The van der Waals surface area contributed by atoms with Gasteiger partial charge in [-0.25, -0.2) is 4.98 Å². The van der Waals surface area contributed by atoms with E-state index in [0.29, 0.717) is 6.04 Å². The number of piperidine rings is 1. The van der Waals surface area contributed by atoms with Crippen LogP contribution in [0.2, 0.25) is 5.02 Å². The minimum absolute atomic E-state index is 0.354. The fourth-order valence-electron chi connectivity index (χ4n) is 2.25. The Hall–Kier alpha value is -1.10. The van der Waals surface area contributed by atoms with E-state index in [1.54, 1.807) is 11.3 Å². The van der Waals surface area contributed by atoms with Gasteiger partial charge in [0.1, 0.15) is 0 Å². The van der Waals surface area contributed by atoms with Gasteiger partial charge in [-0.15, -0.1) is 11.3 Å². The lowest BCUT2D eigenvalue weighted by Crippen LogP contribution is -2.39. The molecule has 0 amide bonds. The molecule has 100 valence electrons. The highest BCUT2D eigenvalue weighted by Crippen LogP contribution is 2.29. The van der Waals surface area contributed by atoms with Gasteiger partial charge in [0.15, 0.2) is 5.13 Å². The lowest BCUT2D eigenvalue weighted by atomic mass is 10.1. The number of thiazole rings is 1. The molecule has 1 fully saturated rings. The van der Waals surface area contributed by atoms with Crippen LogP contribution in [0.1, 0.15) is 12.8 Å². The van der Waals surface area contributed by atoms with Gasteiger partial charge in [-0.05, 0) is 25.0 Å². The van der Waals surface area contributed by atoms with Crippen LogP contribution in [-0.4, -0.2) is 24.1 Å². The van der Waals surface area contributed by atoms with Gasteiger partial charge in [0, 0.05) is 35.1 Å². The molecule has 0 aliphatic carbocycles. The maximum absolute atomic E-state index is 5.93. The highest BCUT2D eigenvalue weighted by molar-refractivity contribution is 7.14. The third-order valence-corrected chi connectivity index (χ3v) is 4.60. The lowest BCUT2D eigenvalue weighted by Gasteiger charge is -2.29. The molecule has 0 radical (unpaired) electrons. The van der Waals surface area contributed by atoms with Crippen LogP contribution in [0.4, 0.5) is 5.13 Å². The summed E-state index contributed by atoms with van der Waals surface area (Å²) in [5.41, 5.74) is 8.06. The number of hydrogen-bond acceptors (Lipinski definition) is 4. The van der Waals surface area contributed by atoms with Crippen molar-refractivity contribution in [3.8, 4) is 11.3 Å². The molecular formula is C14H16ClN3S. The van der Waals surface area contributed by atoms with E-state index in [0.717, 1.165) is 47.3 Å². The summed E-state index contributed by atoms with van der Waals surface area (Å²) in [5, 5.41) is 3.95. The van der Waals surface area contributed by atoms with E-state index < -0.39 is 0 Å². The van der Waals surface area contributed by atoms with E-state index in [9.17, 15) is 0 Å². The van der Waals surface area contributed by atoms with Crippen LogP contribution in [0.3, 0.4) is 0 Å². The molecule has 5 heteroatoms. The molecule has 2 aromatic rings. The number of benzene rings is 1. The number of halogens is 1. The first kappa shape index (κ1) is 12.9. The molecule has 0 bridgehead atoms. The van der Waals surface area contributed by atoms with Crippen molar-refractivity contribution in [3.63, 3.8) is 0 Å². The minimum atomic E-state index is 0.354. The summed E-state index contributed by atoms with van der Waals surface area (Å²) in [6, 6.07) is 8.17. The Kier molecular flexibility index (Phi) is 3.73. The standard InChI is InChI=1S/C14H16ClN3S/c15-11-3-1-10(2-4-11)13-9-19-14(17-13)18-7-5-12(16)6-8-18/h1-4,9,12H,5-8,16H2. The molecule has 1 aliphatic heterocycles. The van der Waals surface area contributed by atoms with Crippen LogP contribution < -0.4 is 10.6 Å². The Morgan fingerprint density at radius 3 is 2.58 bits per heavy atom. The molecular weight excluding hydrogens is 278 g/mol. The molecule has 2 N–H and O–H groups in total. The summed E-state index contributed by atoms with van der Waals surface area (Å²) >= 11 is 7.60. The van der Waals surface area contributed by atoms with Crippen LogP contribution in [-0.2, 0) is 0 Å². The van der Waals surface area contributed by atoms with Gasteiger partial charge in [-0.3, -0.25) is 0 Å². The van der Waals surface area contributed by atoms with Crippen LogP contribution in [0.5, 0.6) is 0 Å². The first-order valence-corrected chi connectivity index (χ1v) is 7.70. The molecule has 0 saturated carbocycles. The fourth-order valence-corrected chi connectivity index (χ4v) is 3.27. The highest BCUT2D eigenvalue weighted by Gasteiger charge is 2.18. The maximum atomic E-state index is 5.93. The van der Waals surface area contributed by atoms with Crippen LogP contribution in [0.25, 0.3) is 11.3 Å². The monoisotopic (exact) mass is 293 g/mol. The van der Waals surface area contributed by atoms with Crippen LogP contribution >= 0.6 is 22.9 Å². The van der Waals surface area contributed by atoms with E-state index >= 15 is 0 Å². The van der Waals surface area contributed by atoms with Crippen molar-refractivity contribution >= 4 is 28.1 Å². The van der Waals surface area contributed by atoms with Crippen molar-refractivity contribution in [3.05, 3.63) is 34.7 Å². The number of nitrogens with two attached hydrogens (primary N) is 1. The number of nitrogens with zero attached hydrogens (tertiary/aromatic N) is 2. The Labute approximate surface area is 122 Å². The average molecular weight is 294 g/mol. The number of anilines is 1. The molecule has 2 heterocycles. The molecule has 1 aliphatic rings. The molecule has 19 heavy (non-hydrogen) atoms. The maximum Gasteiger partial charge on any atom is 0.185 e. The third kappa shape index (κ3) is 2.91. The first-order valence-electron chi connectivity index (χ1n) is 6.44. The van der Waals surface area contributed by atoms with E-state index in [-0.39, 0.29) is 0 Å². The first-order chi connectivity index (χ1) is 9.22. The number of hydrogen-bond donors (Lipinski definition) is 1. The zero-order chi connectivity index (χ0) is 13.2. The van der Waals surface area contributed by atoms with Crippen molar-refractivity contribution in [1.29, 1.82) is 0 Å². The van der Waals surface area contributed by atoms with Gasteiger partial charge in [0.05, 0.1) is 5.69 Å². The predicted molar refractivity (Wildman–Crippen MR) is 82.0 cm³/mol. The van der Waals surface area contributed by atoms with Crippen molar-refractivity contribution in [2.75, 3.05) is 18.0 Å². The summed E-state index contributed by atoms with van der Waals surface area (Å²) in [6.45, 7) is 2.02. The van der Waals surface area contributed by atoms with Crippen molar-refractivity contribution < 1.29 is 0 Å². The zero-order valence-electron chi connectivity index (χ0n) is 10.6. The molecule has 3 rings (SSSR count). The van der Waals surface area contributed by atoms with Gasteiger partial charge in [-0.1, -0.05) is 23.7 Å². The van der Waals surface area contributed by atoms with Crippen LogP contribution in [0.15, 0.2) is 29.6 Å². The average Bonchev–Trinajstić information content (AvgIpc) is 2.90.